The van der Waals surface area contributed by atoms with Crippen molar-refractivity contribution in [2.45, 2.75) is 39.0 Å². The molecule has 1 nitrogen and oxygen atoms in total. The number of hydrogen-bond donors (Lipinski definition) is 1. The molecule has 84 valence electrons. The topological polar surface area (TPSA) is 12.0 Å². The highest BCUT2D eigenvalue weighted by molar-refractivity contribution is 7.07. The molecule has 1 heterocycles. The van der Waals surface area contributed by atoms with Crippen molar-refractivity contribution in [3.8, 4) is 0 Å². The van der Waals surface area contributed by atoms with Crippen LogP contribution in [0.25, 0.3) is 0 Å². The van der Waals surface area contributed by atoms with E-state index in [9.17, 15) is 0 Å². The summed E-state index contributed by atoms with van der Waals surface area (Å²) in [6, 6.07) is 2.23. The second-order valence-electron chi connectivity index (χ2n) is 5.08. The molecular weight excluding hydrogens is 202 g/mol. The Morgan fingerprint density at radius 3 is 2.87 bits per heavy atom. The molecule has 2 rings (SSSR count). The monoisotopic (exact) mass is 223 g/mol. The summed E-state index contributed by atoms with van der Waals surface area (Å²) >= 11 is 1.79. The van der Waals surface area contributed by atoms with Gasteiger partial charge >= 0.3 is 0 Å². The summed E-state index contributed by atoms with van der Waals surface area (Å²) in [6.45, 7) is 4.76. The highest BCUT2D eigenvalue weighted by Crippen LogP contribution is 2.36. The average molecular weight is 223 g/mol. The van der Waals surface area contributed by atoms with Crippen molar-refractivity contribution in [3.05, 3.63) is 22.4 Å². The van der Waals surface area contributed by atoms with E-state index in [0.29, 0.717) is 5.41 Å². The molecule has 0 amide bonds. The Hall–Kier alpha value is -0.340. The Labute approximate surface area is 96.9 Å². The minimum absolute atomic E-state index is 0.592. The number of rotatable bonds is 5. The van der Waals surface area contributed by atoms with E-state index in [1.54, 1.807) is 11.3 Å². The summed E-state index contributed by atoms with van der Waals surface area (Å²) in [5, 5.41) is 8.02. The number of nitrogens with one attached hydrogen (secondary N) is 1. The Kier molecular flexibility index (Phi) is 3.81. The average Bonchev–Trinajstić information content (AvgIpc) is 2.84. The van der Waals surface area contributed by atoms with E-state index in [0.717, 1.165) is 6.54 Å². The lowest BCUT2D eigenvalue weighted by molar-refractivity contribution is 0.316. The fraction of sp³-hybridized carbons (Fsp3) is 0.692. The van der Waals surface area contributed by atoms with Crippen LogP contribution in [0.2, 0.25) is 0 Å². The minimum Gasteiger partial charge on any atom is -0.316 e. The normalized spacial score (nSPS) is 19.5. The molecule has 0 saturated heterocycles. The second-order valence-corrected chi connectivity index (χ2v) is 5.86. The highest BCUT2D eigenvalue weighted by Gasteiger charge is 2.27. The first-order chi connectivity index (χ1) is 7.29. The molecule has 1 aliphatic rings. The minimum atomic E-state index is 0.592. The Balaban J connectivity index is 1.62. The van der Waals surface area contributed by atoms with Gasteiger partial charge in [-0.05, 0) is 53.6 Å². The van der Waals surface area contributed by atoms with Gasteiger partial charge in [-0.1, -0.05) is 19.8 Å². The zero-order valence-corrected chi connectivity index (χ0v) is 10.4. The van der Waals surface area contributed by atoms with Gasteiger partial charge in [-0.2, -0.15) is 11.3 Å². The molecular formula is C13H21NS. The maximum absolute atomic E-state index is 3.61. The van der Waals surface area contributed by atoms with Crippen molar-refractivity contribution >= 4 is 11.3 Å². The molecule has 0 unspecified atom stereocenters. The van der Waals surface area contributed by atoms with E-state index in [1.807, 2.05) is 0 Å². The summed E-state index contributed by atoms with van der Waals surface area (Å²) < 4.78 is 0. The Morgan fingerprint density at radius 1 is 1.40 bits per heavy atom. The van der Waals surface area contributed by atoms with Crippen molar-refractivity contribution in [1.82, 2.24) is 5.32 Å². The maximum Gasteiger partial charge on any atom is 0.000529 e. The van der Waals surface area contributed by atoms with Gasteiger partial charge in [-0.25, -0.2) is 0 Å². The van der Waals surface area contributed by atoms with Crippen molar-refractivity contribution in [1.29, 1.82) is 0 Å². The lowest BCUT2D eigenvalue weighted by Gasteiger charge is -2.23. The third-order valence-corrected chi connectivity index (χ3v) is 4.27. The zero-order valence-electron chi connectivity index (χ0n) is 9.59. The third kappa shape index (κ3) is 3.32. The van der Waals surface area contributed by atoms with Crippen LogP contribution in [-0.2, 0) is 6.42 Å². The maximum atomic E-state index is 3.61. The van der Waals surface area contributed by atoms with Crippen LogP contribution < -0.4 is 5.32 Å². The predicted octanol–water partition coefficient (Wildman–Crippen LogP) is 3.46. The molecule has 0 aromatic carbocycles. The first-order valence-corrected chi connectivity index (χ1v) is 6.95. The second kappa shape index (κ2) is 5.13. The van der Waals surface area contributed by atoms with Crippen molar-refractivity contribution in [3.63, 3.8) is 0 Å². The van der Waals surface area contributed by atoms with Crippen LogP contribution in [0.1, 0.15) is 38.2 Å². The van der Waals surface area contributed by atoms with Gasteiger partial charge in [-0.15, -0.1) is 0 Å². The molecule has 1 N–H and O–H groups in total. The van der Waals surface area contributed by atoms with Gasteiger partial charge < -0.3 is 5.32 Å². The molecule has 0 aliphatic heterocycles. The molecule has 1 saturated carbocycles. The van der Waals surface area contributed by atoms with Gasteiger partial charge in [0.15, 0.2) is 0 Å². The van der Waals surface area contributed by atoms with Gasteiger partial charge in [0.25, 0.3) is 0 Å². The molecule has 0 radical (unpaired) electrons. The molecule has 15 heavy (non-hydrogen) atoms. The van der Waals surface area contributed by atoms with Gasteiger partial charge in [0, 0.05) is 6.54 Å². The van der Waals surface area contributed by atoms with Crippen molar-refractivity contribution < 1.29 is 0 Å². The van der Waals surface area contributed by atoms with Crippen LogP contribution in [0, 0.1) is 5.41 Å². The van der Waals surface area contributed by atoms with Crippen LogP contribution in [0.5, 0.6) is 0 Å². The van der Waals surface area contributed by atoms with Crippen molar-refractivity contribution in [2.24, 2.45) is 5.41 Å². The van der Waals surface area contributed by atoms with E-state index < -0.39 is 0 Å². The molecule has 0 bridgehead atoms. The number of hydrogen-bond acceptors (Lipinski definition) is 2. The summed E-state index contributed by atoms with van der Waals surface area (Å²) in [7, 11) is 0. The van der Waals surface area contributed by atoms with Crippen LogP contribution in [0.15, 0.2) is 16.8 Å². The van der Waals surface area contributed by atoms with E-state index >= 15 is 0 Å². The predicted molar refractivity (Wildman–Crippen MR) is 67.5 cm³/mol. The molecule has 1 aromatic heterocycles. The van der Waals surface area contributed by atoms with Gasteiger partial charge in [0.05, 0.1) is 0 Å². The third-order valence-electron chi connectivity index (χ3n) is 3.53. The standard InChI is InChI=1S/C13H21NS/c1-13(6-2-3-7-13)11-14-8-4-12-5-9-15-10-12/h5,9-10,14H,2-4,6-8,11H2,1H3. The van der Waals surface area contributed by atoms with Gasteiger partial charge in [0.2, 0.25) is 0 Å². The van der Waals surface area contributed by atoms with Crippen LogP contribution in [0.3, 0.4) is 0 Å². The quantitative estimate of drug-likeness (QED) is 0.754. The van der Waals surface area contributed by atoms with Crippen LogP contribution in [-0.4, -0.2) is 13.1 Å². The van der Waals surface area contributed by atoms with Crippen LogP contribution >= 0.6 is 11.3 Å². The zero-order chi connectivity index (χ0) is 10.6. The summed E-state index contributed by atoms with van der Waals surface area (Å²) in [6.07, 6.45) is 6.88. The summed E-state index contributed by atoms with van der Waals surface area (Å²) in [5.41, 5.74) is 2.07. The molecule has 1 fully saturated rings. The summed E-state index contributed by atoms with van der Waals surface area (Å²) in [4.78, 5) is 0. The Morgan fingerprint density at radius 2 is 2.20 bits per heavy atom. The lowest BCUT2D eigenvalue weighted by atomic mass is 9.89. The van der Waals surface area contributed by atoms with E-state index in [2.05, 4.69) is 29.1 Å². The van der Waals surface area contributed by atoms with E-state index in [1.165, 1.54) is 44.2 Å². The first-order valence-electron chi connectivity index (χ1n) is 6.00. The summed E-state index contributed by atoms with van der Waals surface area (Å²) in [5.74, 6) is 0. The first kappa shape index (κ1) is 11.2. The van der Waals surface area contributed by atoms with E-state index in [4.69, 9.17) is 0 Å². The molecule has 0 atom stereocenters. The SMILES string of the molecule is CC1(CNCCc2ccsc2)CCCC1. The van der Waals surface area contributed by atoms with Crippen molar-refractivity contribution in [2.75, 3.05) is 13.1 Å². The molecule has 2 heteroatoms. The fourth-order valence-electron chi connectivity index (χ4n) is 2.46. The molecule has 1 aromatic rings. The van der Waals surface area contributed by atoms with Crippen LogP contribution in [0.4, 0.5) is 0 Å². The highest BCUT2D eigenvalue weighted by atomic mass is 32.1. The number of thiophene rings is 1. The fourth-order valence-corrected chi connectivity index (χ4v) is 3.17. The Bertz CT molecular complexity index is 273. The largest absolute Gasteiger partial charge is 0.316 e. The van der Waals surface area contributed by atoms with E-state index in [-0.39, 0.29) is 0 Å². The molecule has 1 aliphatic carbocycles. The smallest absolute Gasteiger partial charge is 0.000529 e. The molecule has 0 spiro atoms. The van der Waals surface area contributed by atoms with Gasteiger partial charge in [0.1, 0.15) is 0 Å². The lowest BCUT2D eigenvalue weighted by Crippen LogP contribution is -2.30. The van der Waals surface area contributed by atoms with Gasteiger partial charge in [-0.3, -0.25) is 0 Å².